The maximum absolute atomic E-state index is 3.48. The molecule has 0 spiro atoms. The molecule has 3 heteroatoms. The molecule has 2 rings (SSSR count). The van der Waals surface area contributed by atoms with Gasteiger partial charge >= 0.3 is 0 Å². The highest BCUT2D eigenvalue weighted by Crippen LogP contribution is 2.39. The summed E-state index contributed by atoms with van der Waals surface area (Å²) >= 11 is 2.19. The Hall–Kier alpha value is 0.270. The van der Waals surface area contributed by atoms with E-state index in [4.69, 9.17) is 0 Å². The number of hydrogen-bond acceptors (Lipinski definition) is 3. The molecule has 0 radical (unpaired) electrons. The van der Waals surface area contributed by atoms with Crippen molar-refractivity contribution in [3.8, 4) is 0 Å². The minimum absolute atomic E-state index is 0.563. The first-order valence-electron chi connectivity index (χ1n) is 6.79. The van der Waals surface area contributed by atoms with Gasteiger partial charge in [-0.3, -0.25) is 0 Å². The topological polar surface area (TPSA) is 15.3 Å². The molecule has 2 fully saturated rings. The summed E-state index contributed by atoms with van der Waals surface area (Å²) in [4.78, 5) is 2.69. The van der Waals surface area contributed by atoms with Gasteiger partial charge in [0.05, 0.1) is 0 Å². The first-order valence-corrected chi connectivity index (χ1v) is 7.77. The van der Waals surface area contributed by atoms with Crippen molar-refractivity contribution in [1.82, 2.24) is 10.2 Å². The van der Waals surface area contributed by atoms with Gasteiger partial charge in [0.1, 0.15) is 0 Å². The third-order valence-electron chi connectivity index (χ3n) is 3.91. The van der Waals surface area contributed by atoms with E-state index in [9.17, 15) is 0 Å². The Labute approximate surface area is 105 Å². The van der Waals surface area contributed by atoms with Gasteiger partial charge in [-0.15, -0.1) is 0 Å². The van der Waals surface area contributed by atoms with E-state index < -0.39 is 0 Å². The molecule has 0 bridgehead atoms. The van der Waals surface area contributed by atoms with Crippen molar-refractivity contribution in [2.24, 2.45) is 5.92 Å². The fourth-order valence-corrected chi connectivity index (χ4v) is 4.35. The van der Waals surface area contributed by atoms with Gasteiger partial charge in [0.25, 0.3) is 0 Å². The fourth-order valence-electron chi connectivity index (χ4n) is 3.01. The van der Waals surface area contributed by atoms with E-state index in [1.807, 2.05) is 0 Å². The number of rotatable bonds is 5. The minimum Gasteiger partial charge on any atom is -0.317 e. The van der Waals surface area contributed by atoms with Crippen LogP contribution in [-0.2, 0) is 0 Å². The Morgan fingerprint density at radius 1 is 1.50 bits per heavy atom. The molecule has 1 N–H and O–H groups in total. The molecule has 2 aliphatic heterocycles. The molecular formula is C13H26N2S. The Morgan fingerprint density at radius 3 is 3.06 bits per heavy atom. The van der Waals surface area contributed by atoms with Crippen LogP contribution in [0.25, 0.3) is 0 Å². The third-order valence-corrected chi connectivity index (χ3v) is 5.43. The van der Waals surface area contributed by atoms with Crippen molar-refractivity contribution in [3.63, 3.8) is 0 Å². The van der Waals surface area contributed by atoms with E-state index in [0.717, 1.165) is 12.5 Å². The molecule has 2 saturated heterocycles. The molecule has 0 aliphatic carbocycles. The highest BCUT2D eigenvalue weighted by Gasteiger charge is 2.33. The van der Waals surface area contributed by atoms with Gasteiger partial charge < -0.3 is 10.2 Å². The summed E-state index contributed by atoms with van der Waals surface area (Å²) in [7, 11) is 0. The molecule has 0 aromatic carbocycles. The quantitative estimate of drug-likeness (QED) is 0.796. The molecule has 0 aromatic heterocycles. The molecule has 94 valence electrons. The zero-order chi connectivity index (χ0) is 11.4. The van der Waals surface area contributed by atoms with Crippen molar-refractivity contribution >= 4 is 11.8 Å². The highest BCUT2D eigenvalue weighted by molar-refractivity contribution is 8.00. The van der Waals surface area contributed by atoms with Gasteiger partial charge in [-0.2, -0.15) is 11.8 Å². The number of nitrogens with zero attached hydrogens (tertiary/aromatic N) is 1. The molecule has 2 nitrogen and oxygen atoms in total. The second-order valence-electron chi connectivity index (χ2n) is 5.60. The summed E-state index contributed by atoms with van der Waals surface area (Å²) in [5.41, 5.74) is 0. The van der Waals surface area contributed by atoms with E-state index in [-0.39, 0.29) is 0 Å². The van der Waals surface area contributed by atoms with Crippen LogP contribution in [0.1, 0.15) is 33.1 Å². The number of hydrogen-bond donors (Lipinski definition) is 1. The Kier molecular flexibility index (Phi) is 4.57. The van der Waals surface area contributed by atoms with Crippen LogP contribution < -0.4 is 5.32 Å². The molecule has 2 aliphatic rings. The Morgan fingerprint density at radius 2 is 2.38 bits per heavy atom. The van der Waals surface area contributed by atoms with Gasteiger partial charge in [-0.05, 0) is 57.5 Å². The minimum atomic E-state index is 0.563. The van der Waals surface area contributed by atoms with Gasteiger partial charge in [-0.1, -0.05) is 6.92 Å². The van der Waals surface area contributed by atoms with Crippen molar-refractivity contribution in [3.05, 3.63) is 0 Å². The summed E-state index contributed by atoms with van der Waals surface area (Å²) in [5.74, 6) is 2.28. The van der Waals surface area contributed by atoms with Crippen LogP contribution in [0.3, 0.4) is 0 Å². The lowest BCUT2D eigenvalue weighted by atomic mass is 10.1. The molecule has 0 saturated carbocycles. The Balaban J connectivity index is 1.72. The van der Waals surface area contributed by atoms with Crippen LogP contribution in [0.5, 0.6) is 0 Å². The van der Waals surface area contributed by atoms with Crippen LogP contribution in [-0.4, -0.2) is 48.1 Å². The zero-order valence-corrected chi connectivity index (χ0v) is 11.6. The van der Waals surface area contributed by atoms with Crippen LogP contribution >= 0.6 is 11.8 Å². The SMILES string of the molecule is CCNCC1CCN(CC2(C)CCCS2)C1. The van der Waals surface area contributed by atoms with Crippen molar-refractivity contribution in [2.45, 2.75) is 37.9 Å². The molecule has 2 unspecified atom stereocenters. The number of thioether (sulfide) groups is 1. The van der Waals surface area contributed by atoms with Crippen molar-refractivity contribution in [2.75, 3.05) is 38.5 Å². The monoisotopic (exact) mass is 242 g/mol. The fraction of sp³-hybridized carbons (Fsp3) is 1.00. The predicted molar refractivity (Wildman–Crippen MR) is 73.2 cm³/mol. The van der Waals surface area contributed by atoms with Gasteiger partial charge in [0, 0.05) is 17.8 Å². The number of likely N-dealkylation sites (tertiary alicyclic amines) is 1. The van der Waals surface area contributed by atoms with E-state index in [2.05, 4.69) is 35.8 Å². The summed E-state index contributed by atoms with van der Waals surface area (Å²) < 4.78 is 0.563. The van der Waals surface area contributed by atoms with Gasteiger partial charge in [0.2, 0.25) is 0 Å². The van der Waals surface area contributed by atoms with Crippen molar-refractivity contribution < 1.29 is 0 Å². The summed E-state index contributed by atoms with van der Waals surface area (Å²) in [6.45, 7) is 11.0. The van der Waals surface area contributed by atoms with E-state index in [1.165, 1.54) is 51.2 Å². The molecule has 0 aromatic rings. The normalized spacial score (nSPS) is 36.0. The molecule has 16 heavy (non-hydrogen) atoms. The van der Waals surface area contributed by atoms with Crippen molar-refractivity contribution in [1.29, 1.82) is 0 Å². The average Bonchev–Trinajstić information content (AvgIpc) is 2.85. The molecular weight excluding hydrogens is 216 g/mol. The van der Waals surface area contributed by atoms with E-state index in [0.29, 0.717) is 4.75 Å². The Bertz CT molecular complexity index is 214. The zero-order valence-electron chi connectivity index (χ0n) is 10.8. The maximum atomic E-state index is 3.48. The maximum Gasteiger partial charge on any atom is 0.0259 e. The average molecular weight is 242 g/mol. The summed E-state index contributed by atoms with van der Waals surface area (Å²) in [6, 6.07) is 0. The predicted octanol–water partition coefficient (Wildman–Crippen LogP) is 2.20. The highest BCUT2D eigenvalue weighted by atomic mass is 32.2. The first-order chi connectivity index (χ1) is 7.72. The summed E-state index contributed by atoms with van der Waals surface area (Å²) in [6.07, 6.45) is 4.25. The lowest BCUT2D eigenvalue weighted by Gasteiger charge is -2.29. The molecule has 2 heterocycles. The molecule has 2 atom stereocenters. The summed E-state index contributed by atoms with van der Waals surface area (Å²) in [5, 5.41) is 3.48. The van der Waals surface area contributed by atoms with E-state index in [1.54, 1.807) is 0 Å². The second-order valence-corrected chi connectivity index (χ2v) is 7.28. The van der Waals surface area contributed by atoms with Crippen LogP contribution in [0.15, 0.2) is 0 Å². The van der Waals surface area contributed by atoms with Crippen LogP contribution in [0.2, 0.25) is 0 Å². The third kappa shape index (κ3) is 3.38. The molecule has 0 amide bonds. The number of nitrogens with one attached hydrogen (secondary N) is 1. The van der Waals surface area contributed by atoms with E-state index >= 15 is 0 Å². The van der Waals surface area contributed by atoms with Crippen LogP contribution in [0, 0.1) is 5.92 Å². The lowest BCUT2D eigenvalue weighted by molar-refractivity contribution is 0.289. The lowest BCUT2D eigenvalue weighted by Crippen LogP contribution is -2.36. The smallest absolute Gasteiger partial charge is 0.0259 e. The van der Waals surface area contributed by atoms with Gasteiger partial charge in [0.15, 0.2) is 0 Å². The first kappa shape index (κ1) is 12.7. The van der Waals surface area contributed by atoms with Crippen LogP contribution in [0.4, 0.5) is 0 Å². The second kappa shape index (κ2) is 5.74. The standard InChI is InChI=1S/C13H26N2S/c1-3-14-9-12-5-7-15(10-12)11-13(2)6-4-8-16-13/h12,14H,3-11H2,1-2H3. The van der Waals surface area contributed by atoms with Gasteiger partial charge in [-0.25, -0.2) is 0 Å². The largest absolute Gasteiger partial charge is 0.317 e.